The Morgan fingerprint density at radius 3 is 2.30 bits per heavy atom. The SMILES string of the molecule is CCC(C)c1nc(-c2ccc(C#Cc3ccncc3)cc2)no1. The van der Waals surface area contributed by atoms with E-state index in [1.807, 2.05) is 36.4 Å². The van der Waals surface area contributed by atoms with Crippen LogP contribution in [-0.4, -0.2) is 15.1 Å². The van der Waals surface area contributed by atoms with E-state index < -0.39 is 0 Å². The molecule has 23 heavy (non-hydrogen) atoms. The van der Waals surface area contributed by atoms with Crippen molar-refractivity contribution in [1.82, 2.24) is 15.1 Å². The fourth-order valence-corrected chi connectivity index (χ4v) is 2.01. The molecule has 0 fully saturated rings. The van der Waals surface area contributed by atoms with Gasteiger partial charge in [-0.25, -0.2) is 0 Å². The summed E-state index contributed by atoms with van der Waals surface area (Å²) in [6.45, 7) is 4.18. The molecule has 0 bridgehead atoms. The molecule has 3 aromatic rings. The highest BCUT2D eigenvalue weighted by Crippen LogP contribution is 2.21. The smallest absolute Gasteiger partial charge is 0.229 e. The molecular formula is C19H17N3O. The van der Waals surface area contributed by atoms with Gasteiger partial charge in [-0.05, 0) is 42.8 Å². The van der Waals surface area contributed by atoms with Crippen molar-refractivity contribution in [3.05, 3.63) is 65.8 Å². The van der Waals surface area contributed by atoms with Crippen molar-refractivity contribution in [3.63, 3.8) is 0 Å². The summed E-state index contributed by atoms with van der Waals surface area (Å²) in [6.07, 6.45) is 4.45. The standard InChI is InChI=1S/C19H17N3O/c1-3-14(2)19-21-18(22-23-19)17-8-6-15(7-9-17)4-5-16-10-12-20-13-11-16/h6-14H,3H2,1-2H3. The second kappa shape index (κ2) is 6.89. The molecule has 4 heteroatoms. The van der Waals surface area contributed by atoms with Crippen LogP contribution in [-0.2, 0) is 0 Å². The third kappa shape index (κ3) is 3.64. The van der Waals surface area contributed by atoms with Crippen molar-refractivity contribution in [1.29, 1.82) is 0 Å². The fourth-order valence-electron chi connectivity index (χ4n) is 2.01. The summed E-state index contributed by atoms with van der Waals surface area (Å²) in [4.78, 5) is 8.43. The maximum atomic E-state index is 5.31. The molecule has 0 N–H and O–H groups in total. The van der Waals surface area contributed by atoms with Gasteiger partial charge in [0, 0.05) is 35.0 Å². The molecule has 3 rings (SSSR count). The predicted molar refractivity (Wildman–Crippen MR) is 88.7 cm³/mol. The van der Waals surface area contributed by atoms with E-state index in [1.54, 1.807) is 12.4 Å². The maximum absolute atomic E-state index is 5.31. The molecule has 0 aliphatic carbocycles. The van der Waals surface area contributed by atoms with Crippen LogP contribution in [0.4, 0.5) is 0 Å². The van der Waals surface area contributed by atoms with Gasteiger partial charge in [0.25, 0.3) is 0 Å². The second-order valence-electron chi connectivity index (χ2n) is 5.33. The summed E-state index contributed by atoms with van der Waals surface area (Å²) in [5, 5.41) is 4.05. The van der Waals surface area contributed by atoms with E-state index in [9.17, 15) is 0 Å². The van der Waals surface area contributed by atoms with Crippen molar-refractivity contribution in [2.75, 3.05) is 0 Å². The van der Waals surface area contributed by atoms with E-state index in [1.165, 1.54) is 0 Å². The minimum absolute atomic E-state index is 0.279. The lowest BCUT2D eigenvalue weighted by Gasteiger charge is -1.98. The average molecular weight is 303 g/mol. The van der Waals surface area contributed by atoms with Crippen molar-refractivity contribution in [2.24, 2.45) is 0 Å². The molecule has 2 heterocycles. The number of hydrogen-bond donors (Lipinski definition) is 0. The highest BCUT2D eigenvalue weighted by molar-refractivity contribution is 5.56. The van der Waals surface area contributed by atoms with E-state index in [0.717, 1.165) is 23.1 Å². The summed E-state index contributed by atoms with van der Waals surface area (Å²) in [5.41, 5.74) is 2.81. The maximum Gasteiger partial charge on any atom is 0.229 e. The van der Waals surface area contributed by atoms with E-state index in [0.29, 0.717) is 11.7 Å². The average Bonchev–Trinajstić information content (AvgIpc) is 3.11. The van der Waals surface area contributed by atoms with Crippen molar-refractivity contribution in [3.8, 4) is 23.2 Å². The van der Waals surface area contributed by atoms with Crippen molar-refractivity contribution >= 4 is 0 Å². The first-order chi connectivity index (χ1) is 11.3. The van der Waals surface area contributed by atoms with E-state index in [-0.39, 0.29) is 5.92 Å². The van der Waals surface area contributed by atoms with Gasteiger partial charge >= 0.3 is 0 Å². The minimum Gasteiger partial charge on any atom is -0.339 e. The molecule has 0 saturated heterocycles. The Bertz CT molecular complexity index is 826. The van der Waals surface area contributed by atoms with Crippen molar-refractivity contribution in [2.45, 2.75) is 26.2 Å². The number of aromatic nitrogens is 3. The van der Waals surface area contributed by atoms with Gasteiger partial charge in [-0.2, -0.15) is 4.98 Å². The summed E-state index contributed by atoms with van der Waals surface area (Å²) in [5.74, 6) is 7.82. The number of hydrogen-bond acceptors (Lipinski definition) is 4. The number of nitrogens with zero attached hydrogens (tertiary/aromatic N) is 3. The van der Waals surface area contributed by atoms with Gasteiger partial charge in [0.1, 0.15) is 0 Å². The van der Waals surface area contributed by atoms with Crippen LogP contribution < -0.4 is 0 Å². The van der Waals surface area contributed by atoms with Crippen LogP contribution in [0.1, 0.15) is 43.2 Å². The van der Waals surface area contributed by atoms with Gasteiger partial charge in [0.2, 0.25) is 11.7 Å². The van der Waals surface area contributed by atoms with Gasteiger partial charge < -0.3 is 4.52 Å². The number of rotatable bonds is 3. The van der Waals surface area contributed by atoms with Gasteiger partial charge in [-0.15, -0.1) is 0 Å². The molecule has 0 spiro atoms. The lowest BCUT2D eigenvalue weighted by Crippen LogP contribution is -1.91. The number of benzene rings is 1. The van der Waals surface area contributed by atoms with Gasteiger partial charge in [-0.1, -0.05) is 30.8 Å². The first kappa shape index (κ1) is 15.0. The Balaban J connectivity index is 1.77. The Labute approximate surface area is 135 Å². The Morgan fingerprint density at radius 1 is 1.00 bits per heavy atom. The zero-order valence-corrected chi connectivity index (χ0v) is 13.2. The normalized spacial score (nSPS) is 11.6. The third-order valence-corrected chi connectivity index (χ3v) is 3.65. The molecule has 114 valence electrons. The molecule has 1 unspecified atom stereocenters. The van der Waals surface area contributed by atoms with E-state index in [4.69, 9.17) is 4.52 Å². The Morgan fingerprint density at radius 2 is 1.65 bits per heavy atom. The van der Waals surface area contributed by atoms with Gasteiger partial charge in [0.15, 0.2) is 0 Å². The molecular weight excluding hydrogens is 286 g/mol. The van der Waals surface area contributed by atoms with Crippen LogP contribution in [0.5, 0.6) is 0 Å². The molecule has 0 radical (unpaired) electrons. The van der Waals surface area contributed by atoms with Crippen LogP contribution >= 0.6 is 0 Å². The summed E-state index contributed by atoms with van der Waals surface area (Å²) < 4.78 is 5.31. The first-order valence-electron chi connectivity index (χ1n) is 7.62. The highest BCUT2D eigenvalue weighted by Gasteiger charge is 2.13. The van der Waals surface area contributed by atoms with Crippen LogP contribution in [0, 0.1) is 11.8 Å². The molecule has 2 aromatic heterocycles. The quantitative estimate of drug-likeness (QED) is 0.685. The van der Waals surface area contributed by atoms with Crippen LogP contribution in [0.15, 0.2) is 53.3 Å². The van der Waals surface area contributed by atoms with Gasteiger partial charge in [0.05, 0.1) is 0 Å². The second-order valence-corrected chi connectivity index (χ2v) is 5.33. The lowest BCUT2D eigenvalue weighted by molar-refractivity contribution is 0.357. The fraction of sp³-hybridized carbons (Fsp3) is 0.211. The third-order valence-electron chi connectivity index (χ3n) is 3.65. The molecule has 1 aromatic carbocycles. The van der Waals surface area contributed by atoms with E-state index >= 15 is 0 Å². The molecule has 0 amide bonds. The largest absolute Gasteiger partial charge is 0.339 e. The molecule has 1 atom stereocenters. The van der Waals surface area contributed by atoms with Crippen LogP contribution in [0.25, 0.3) is 11.4 Å². The minimum atomic E-state index is 0.279. The Hall–Kier alpha value is -2.93. The Kier molecular flexibility index (Phi) is 4.49. The summed E-state index contributed by atoms with van der Waals surface area (Å²) in [6, 6.07) is 11.6. The zero-order valence-electron chi connectivity index (χ0n) is 13.2. The lowest BCUT2D eigenvalue weighted by atomic mass is 10.1. The summed E-state index contributed by atoms with van der Waals surface area (Å²) in [7, 11) is 0. The number of pyridine rings is 1. The highest BCUT2D eigenvalue weighted by atomic mass is 16.5. The molecule has 0 aliphatic rings. The summed E-state index contributed by atoms with van der Waals surface area (Å²) >= 11 is 0. The topological polar surface area (TPSA) is 51.8 Å². The molecule has 4 nitrogen and oxygen atoms in total. The first-order valence-corrected chi connectivity index (χ1v) is 7.62. The van der Waals surface area contributed by atoms with Crippen LogP contribution in [0.3, 0.4) is 0 Å². The monoisotopic (exact) mass is 303 g/mol. The molecule has 0 aliphatic heterocycles. The zero-order chi connectivity index (χ0) is 16.1. The molecule has 0 saturated carbocycles. The van der Waals surface area contributed by atoms with E-state index in [2.05, 4.69) is 40.8 Å². The predicted octanol–water partition coefficient (Wildman–Crippen LogP) is 4.04. The van der Waals surface area contributed by atoms with Gasteiger partial charge in [-0.3, -0.25) is 4.98 Å². The van der Waals surface area contributed by atoms with Crippen molar-refractivity contribution < 1.29 is 4.52 Å². The van der Waals surface area contributed by atoms with Crippen LogP contribution in [0.2, 0.25) is 0 Å².